The van der Waals surface area contributed by atoms with Gasteiger partial charge in [-0.05, 0) is 257 Å². The monoisotopic (exact) mass is 2050 g/mol. The minimum absolute atomic E-state index is 0.00457. The largest absolute Gasteiger partial charge is 0.534 e. The van der Waals surface area contributed by atoms with E-state index in [1.54, 1.807) is 56.4 Å². The number of anilines is 6. The highest BCUT2D eigenvalue weighted by Crippen LogP contribution is 2.47. The van der Waals surface area contributed by atoms with Crippen LogP contribution < -0.4 is 40.4 Å². The lowest BCUT2D eigenvalue weighted by molar-refractivity contribution is -0.0500. The van der Waals surface area contributed by atoms with Crippen molar-refractivity contribution in [2.24, 2.45) is 0 Å². The number of aromatic hydroxyl groups is 1. The van der Waals surface area contributed by atoms with E-state index in [2.05, 4.69) is 67.8 Å². The second kappa shape index (κ2) is 43.0. The zero-order chi connectivity index (χ0) is 101. The molecule has 15 aromatic rings. The summed E-state index contributed by atoms with van der Waals surface area (Å²) in [6.07, 6.45) is 11.9. The Bertz CT molecular complexity index is 7640. The number of fused-ring (bicyclic) bond motifs is 15. The van der Waals surface area contributed by atoms with Crippen LogP contribution in [0.15, 0.2) is 182 Å². The molecule has 0 atom stereocenters. The maximum Gasteiger partial charge on any atom is 0.534 e. The van der Waals surface area contributed by atoms with E-state index in [-0.39, 0.29) is 26.7 Å². The number of rotatable bonds is 14. The lowest BCUT2D eigenvalue weighted by Gasteiger charge is -2.17. The Kier molecular flexibility index (Phi) is 30.3. The number of aryl methyl sites for hydroxylation is 10. The normalized spacial score (nSPS) is 12.8. The number of alkyl halides is 3. The van der Waals surface area contributed by atoms with Crippen molar-refractivity contribution >= 4 is 128 Å². The van der Waals surface area contributed by atoms with Crippen molar-refractivity contribution in [1.29, 1.82) is 10.5 Å². The molecule has 0 unspecified atom stereocenters. The van der Waals surface area contributed by atoms with Crippen LogP contribution in [0.2, 0.25) is 0 Å². The van der Waals surface area contributed by atoms with Gasteiger partial charge >= 0.3 is 15.6 Å². The van der Waals surface area contributed by atoms with Crippen LogP contribution in [-0.4, -0.2) is 94.7 Å². The van der Waals surface area contributed by atoms with Crippen LogP contribution in [0, 0.1) is 75.0 Å². The molecule has 10 aromatic carbocycles. The second-order valence-electron chi connectivity index (χ2n) is 32.6. The van der Waals surface area contributed by atoms with E-state index in [1.165, 1.54) is 86.8 Å². The highest BCUT2D eigenvalue weighted by Gasteiger charge is 2.49. The molecule has 0 aliphatic heterocycles. The van der Waals surface area contributed by atoms with Gasteiger partial charge in [-0.1, -0.05) is 117 Å². The molecule has 5 amide bonds. The molecule has 142 heavy (non-hydrogen) atoms. The second-order valence-corrected chi connectivity index (χ2v) is 39.1. The van der Waals surface area contributed by atoms with Gasteiger partial charge in [0.1, 0.15) is 91.9 Å². The number of ether oxygens (including phenoxy) is 1. The van der Waals surface area contributed by atoms with E-state index in [4.69, 9.17) is 10.00 Å². The first-order chi connectivity index (χ1) is 68.1. The molecular weight excluding hydrogens is 1980 g/mol. The van der Waals surface area contributed by atoms with E-state index >= 15 is 0 Å². The van der Waals surface area contributed by atoms with E-state index in [1.807, 2.05) is 54.6 Å². The quantitative estimate of drug-likeness (QED) is 0.0335. The Morgan fingerprint density at radius 1 is 0.359 bits per heavy atom. The molecule has 0 saturated heterocycles. The fourth-order valence-electron chi connectivity index (χ4n) is 16.4. The molecule has 5 aliphatic rings. The van der Waals surface area contributed by atoms with Crippen molar-refractivity contribution < 1.29 is 99.1 Å². The standard InChI is InChI=1S/C22H19FN4OS.C20H13F5N2O4S2.C20H13F2N3OS.C20H16F2N2O2S.C19H14F2N2O2S/c1-27(2)18-8-4-6-16(23)19(18)21(28)26-22-25-17-7-3-5-14-10-9-13(12-24)11-15(14)20(17)29-22;21-13-4-2-5-14(22)16(13)18(28)27-19-26-15-6-1-3-10-7-8-11(9-12(10)17(15)32-19)31-33(29,30)20(23,24)25;21-14-4-2-5-15(22)17(14)19(26)25-20-24-16-6-1-3-12-8-7-11(10-23)9-13(12)18(16)27-20;1-26-12-9-8-11-4-2-7-16-18(13(11)10-12)27-20(23-16)24-19(25)17-14(21)5-3-6-15(17)22;20-13-4-2-5-14(21)16(13)18(25)23-19-22-15-6-1-3-10-7-8-11(24)9-12(10)17(15)26-19/h4,6,8-11H,3,5,7H2,1-2H3,(H,25,26,28);2,4-5,7-9H,1,3,6H2,(H,26,27,28);2,4-5,7-9H,1,3,6H2,(H,24,25,26);3,5-6,8-10H,2,4,7H2,1H3,(H,23,24,25);2,4-5,7-9,24H,1,3,6H2,(H,22,23,25). The number of nitrogens with one attached hydrogen (secondary N) is 5. The van der Waals surface area contributed by atoms with Crippen molar-refractivity contribution in [3.05, 3.63) is 330 Å². The van der Waals surface area contributed by atoms with Crippen molar-refractivity contribution in [2.45, 2.75) is 102 Å². The molecule has 0 fully saturated rings. The maximum absolute atomic E-state index is 14.4. The molecule has 6 N–H and O–H groups in total. The summed E-state index contributed by atoms with van der Waals surface area (Å²) in [5.74, 6) is -12.0. The molecule has 20 rings (SSSR count). The number of carbonyl (C=O) groups is 5. The number of methoxy groups -OCH3 is 1. The van der Waals surface area contributed by atoms with Crippen molar-refractivity contribution in [3.63, 3.8) is 0 Å². The number of phenolic OH excluding ortho intramolecular Hbond substituents is 1. The Morgan fingerprint density at radius 2 is 0.613 bits per heavy atom. The highest BCUT2D eigenvalue weighted by molar-refractivity contribution is 7.88. The zero-order valence-corrected chi connectivity index (χ0v) is 79.5. The van der Waals surface area contributed by atoms with E-state index < -0.39 is 126 Å². The number of thiazole rings is 5. The third kappa shape index (κ3) is 22.2. The van der Waals surface area contributed by atoms with Crippen LogP contribution in [0.1, 0.15) is 151 Å². The number of benzene rings is 10. The number of carbonyl (C=O) groups excluding carboxylic acids is 5. The number of phenols is 1. The molecule has 23 nitrogen and oxygen atoms in total. The summed E-state index contributed by atoms with van der Waals surface area (Å²) in [7, 11) is -0.712. The van der Waals surface area contributed by atoms with Crippen molar-refractivity contribution in [1.82, 2.24) is 24.9 Å². The van der Waals surface area contributed by atoms with Gasteiger partial charge < -0.3 is 18.9 Å². The topological polar surface area (TPSA) is 334 Å². The fraction of sp³-hybridized carbons (Fsp3) is 0.188. The van der Waals surface area contributed by atoms with E-state index in [0.717, 1.165) is 237 Å². The summed E-state index contributed by atoms with van der Waals surface area (Å²) >= 11 is 6.09. The average molecular weight is 2050 g/mol. The van der Waals surface area contributed by atoms with Gasteiger partial charge in [0.05, 0.1) is 94.5 Å². The number of halogens is 12. The molecule has 41 heteroatoms. The van der Waals surface area contributed by atoms with Crippen molar-refractivity contribution in [3.8, 4) is 81.6 Å². The van der Waals surface area contributed by atoms with Gasteiger partial charge in [-0.15, -0.1) is 0 Å². The minimum Gasteiger partial charge on any atom is -0.508 e. The number of nitriles is 2. The number of amides is 5. The SMILES string of the molecule is CN(C)c1cccc(F)c1C(=O)Nc1nc2c(s1)-c1cc(C#N)ccc1CCC2.COc1ccc2c(c1)-c1sc(NC(=O)c3c(F)cccc3F)nc1CCC2.N#Cc1ccc2c(c1)-c1sc(NC(=O)c3c(F)cccc3F)nc1CCC2.O=C(Nc1nc2c(s1)-c1cc(O)ccc1CCC2)c1c(F)cccc1F.O=C(Nc1nc2c(s1)-c1cc(OS(=O)(=O)C(F)(F)F)ccc1CCC2)c1c(F)cccc1F. The summed E-state index contributed by atoms with van der Waals surface area (Å²) in [6, 6.07) is 47.8. The minimum atomic E-state index is -5.85. The lowest BCUT2D eigenvalue weighted by atomic mass is 10.0. The first-order valence-corrected chi connectivity index (χ1v) is 49.1. The van der Waals surface area contributed by atoms with Gasteiger partial charge in [0, 0.05) is 30.8 Å². The summed E-state index contributed by atoms with van der Waals surface area (Å²) in [4.78, 5) is 90.2. The van der Waals surface area contributed by atoms with Crippen LogP contribution in [0.5, 0.6) is 17.2 Å². The van der Waals surface area contributed by atoms with Crippen LogP contribution in [0.25, 0.3) is 52.2 Å². The first kappa shape index (κ1) is 100.0. The predicted molar refractivity (Wildman–Crippen MR) is 517 cm³/mol. The molecule has 0 spiro atoms. The molecular formula is C101H75F12N13O10S6. The van der Waals surface area contributed by atoms with Crippen molar-refractivity contribution in [2.75, 3.05) is 52.7 Å². The van der Waals surface area contributed by atoms with Gasteiger partial charge in [-0.2, -0.15) is 32.1 Å². The smallest absolute Gasteiger partial charge is 0.508 e. The van der Waals surface area contributed by atoms with Gasteiger partial charge in [0.25, 0.3) is 29.5 Å². The van der Waals surface area contributed by atoms with E-state index in [0.29, 0.717) is 68.0 Å². The number of hydrogen-bond acceptors (Lipinski definition) is 23. The van der Waals surface area contributed by atoms with Gasteiger partial charge in [0.15, 0.2) is 25.7 Å². The Morgan fingerprint density at radius 3 is 0.901 bits per heavy atom. The summed E-state index contributed by atoms with van der Waals surface area (Å²) < 4.78 is 195. The third-order valence-electron chi connectivity index (χ3n) is 23.0. The van der Waals surface area contributed by atoms with E-state index in [9.17, 15) is 95.4 Å². The molecule has 5 heterocycles. The van der Waals surface area contributed by atoms with Crippen LogP contribution >= 0.6 is 56.7 Å². The summed E-state index contributed by atoms with van der Waals surface area (Å²) in [6.45, 7) is 0. The van der Waals surface area contributed by atoms with Gasteiger partial charge in [-0.25, -0.2) is 64.4 Å². The molecule has 0 saturated carbocycles. The van der Waals surface area contributed by atoms with Gasteiger partial charge in [-0.3, -0.25) is 50.6 Å². The molecule has 0 bridgehead atoms. The van der Waals surface area contributed by atoms with Gasteiger partial charge in [0.2, 0.25) is 0 Å². The first-order valence-electron chi connectivity index (χ1n) is 43.6. The van der Waals surface area contributed by atoms with Crippen LogP contribution in [0.3, 0.4) is 0 Å². The Labute approximate surface area is 822 Å². The summed E-state index contributed by atoms with van der Waals surface area (Å²) in [5.41, 5.74) is 6.84. The number of aromatic nitrogens is 5. The predicted octanol–water partition coefficient (Wildman–Crippen LogP) is 23.8. The summed E-state index contributed by atoms with van der Waals surface area (Å²) in [5, 5.41) is 42.2. The Balaban J connectivity index is 0.000000128. The molecule has 5 aliphatic carbocycles. The third-order valence-corrected chi connectivity index (χ3v) is 29.2. The Hall–Kier alpha value is -15.0. The molecule has 0 radical (unpaired) electrons. The highest BCUT2D eigenvalue weighted by atomic mass is 32.2. The molecule has 724 valence electrons. The maximum atomic E-state index is 14.4. The van der Waals surface area contributed by atoms with Crippen LogP contribution in [0.4, 0.5) is 84.0 Å². The fourth-order valence-corrected chi connectivity index (χ4v) is 22.1. The lowest BCUT2D eigenvalue weighted by Crippen LogP contribution is -2.28. The average Bonchev–Trinajstić information content (AvgIpc) is 1.64. The van der Waals surface area contributed by atoms with Crippen LogP contribution in [-0.2, 0) is 74.3 Å². The molecule has 5 aromatic heterocycles. The number of nitrogens with zero attached hydrogens (tertiary/aromatic N) is 8. The number of hydrogen-bond donors (Lipinski definition) is 6. The zero-order valence-electron chi connectivity index (χ0n) is 74.6.